The topological polar surface area (TPSA) is 84.6 Å². The van der Waals surface area contributed by atoms with E-state index >= 15 is 0 Å². The van der Waals surface area contributed by atoms with Crippen molar-refractivity contribution in [2.24, 2.45) is 0 Å². The fourth-order valence-electron chi connectivity index (χ4n) is 1.71. The Kier molecular flexibility index (Phi) is 3.62. The molecule has 1 aromatic rings. The Balaban J connectivity index is 2.49. The van der Waals surface area contributed by atoms with E-state index < -0.39 is 30.7 Å². The number of hydrogen-bond donors (Lipinski definition) is 2. The number of rotatable bonds is 3. The van der Waals surface area contributed by atoms with Crippen LogP contribution in [-0.4, -0.2) is 44.8 Å². The molecule has 0 fully saturated rings. The van der Waals surface area contributed by atoms with Crippen LogP contribution in [0.5, 0.6) is 0 Å². The van der Waals surface area contributed by atoms with Gasteiger partial charge in [-0.3, -0.25) is 0 Å². The van der Waals surface area contributed by atoms with Crippen molar-refractivity contribution >= 4 is 17.5 Å². The summed E-state index contributed by atoms with van der Waals surface area (Å²) in [6, 6.07) is 1.53. The summed E-state index contributed by atoms with van der Waals surface area (Å²) in [5.41, 5.74) is -2.06. The molecule has 0 unspecified atom stereocenters. The molecule has 0 saturated carbocycles. The van der Waals surface area contributed by atoms with Crippen molar-refractivity contribution in [3.8, 4) is 0 Å². The molecule has 0 saturated heterocycles. The van der Waals surface area contributed by atoms with Crippen molar-refractivity contribution in [3.63, 3.8) is 0 Å². The van der Waals surface area contributed by atoms with Crippen LogP contribution in [0.4, 0.5) is 4.39 Å². The van der Waals surface area contributed by atoms with Gasteiger partial charge in [-0.15, -0.1) is 0 Å². The van der Waals surface area contributed by atoms with Crippen LogP contribution < -0.4 is 5.69 Å². The number of hydrogen-bond acceptors (Lipinski definition) is 5. The SMILES string of the molecule is Cc1ccn(C2=C(Cl)[C@H](O)[C@](CO)(CF)O2)c(=O)n1. The first-order valence-electron chi connectivity index (χ1n) is 5.45. The number of ether oxygens (including phenoxy) is 1. The standard InChI is InChI=1S/C11H12ClFN2O4/c1-6-2-3-15(10(18)14-6)9-7(12)8(17)11(4-13,5-16)19-9/h2-3,8,16-17H,4-5H2,1H3/t8-,11+/m0/s1. The maximum Gasteiger partial charge on any atom is 0.354 e. The number of aromatic nitrogens is 2. The molecule has 0 radical (unpaired) electrons. The molecule has 2 rings (SSSR count). The number of aryl methyl sites for hydroxylation is 1. The number of halogens is 2. The number of aliphatic hydroxyl groups excluding tert-OH is 2. The first-order chi connectivity index (χ1) is 8.95. The molecule has 1 aliphatic rings. The van der Waals surface area contributed by atoms with Gasteiger partial charge in [-0.1, -0.05) is 11.6 Å². The van der Waals surface area contributed by atoms with Gasteiger partial charge in [-0.2, -0.15) is 4.98 Å². The highest BCUT2D eigenvalue weighted by Gasteiger charge is 2.50. The largest absolute Gasteiger partial charge is 0.462 e. The Hall–Kier alpha value is -1.44. The minimum Gasteiger partial charge on any atom is -0.462 e. The first-order valence-corrected chi connectivity index (χ1v) is 5.83. The minimum absolute atomic E-state index is 0.224. The second-order valence-corrected chi connectivity index (χ2v) is 4.64. The maximum absolute atomic E-state index is 13.0. The van der Waals surface area contributed by atoms with Gasteiger partial charge in [-0.05, 0) is 13.0 Å². The van der Waals surface area contributed by atoms with E-state index in [1.54, 1.807) is 6.92 Å². The summed E-state index contributed by atoms with van der Waals surface area (Å²) in [5.74, 6) is -0.224. The molecule has 0 aromatic carbocycles. The minimum atomic E-state index is -1.88. The quantitative estimate of drug-likeness (QED) is 0.819. The molecular weight excluding hydrogens is 279 g/mol. The van der Waals surface area contributed by atoms with Gasteiger partial charge in [0.05, 0.1) is 6.61 Å². The third kappa shape index (κ3) is 2.13. The average molecular weight is 291 g/mol. The molecular formula is C11H12ClFN2O4. The molecule has 0 aliphatic carbocycles. The second kappa shape index (κ2) is 4.92. The van der Waals surface area contributed by atoms with Crippen LogP contribution in [0.3, 0.4) is 0 Å². The fourth-order valence-corrected chi connectivity index (χ4v) is 2.04. The summed E-state index contributed by atoms with van der Waals surface area (Å²) >= 11 is 5.86. The predicted molar refractivity (Wildman–Crippen MR) is 65.2 cm³/mol. The molecule has 0 spiro atoms. The third-order valence-electron chi connectivity index (χ3n) is 2.90. The van der Waals surface area contributed by atoms with E-state index in [9.17, 15) is 14.3 Å². The third-order valence-corrected chi connectivity index (χ3v) is 3.27. The molecule has 104 valence electrons. The normalized spacial score (nSPS) is 26.7. The van der Waals surface area contributed by atoms with Gasteiger partial charge < -0.3 is 14.9 Å². The maximum atomic E-state index is 13.0. The molecule has 2 N–H and O–H groups in total. The van der Waals surface area contributed by atoms with E-state index in [0.717, 1.165) is 4.57 Å². The number of nitrogens with zero attached hydrogens (tertiary/aromatic N) is 2. The Labute approximate surface area is 112 Å². The van der Waals surface area contributed by atoms with Crippen molar-refractivity contribution in [1.29, 1.82) is 0 Å². The summed E-state index contributed by atoms with van der Waals surface area (Å²) in [4.78, 5) is 15.4. The first kappa shape index (κ1) is 14.0. The molecule has 1 aromatic heterocycles. The lowest BCUT2D eigenvalue weighted by molar-refractivity contribution is -0.0830. The lowest BCUT2D eigenvalue weighted by Crippen LogP contribution is -2.46. The van der Waals surface area contributed by atoms with Gasteiger partial charge in [-0.25, -0.2) is 13.8 Å². The van der Waals surface area contributed by atoms with E-state index in [1.165, 1.54) is 12.3 Å². The van der Waals surface area contributed by atoms with Gasteiger partial charge in [0.15, 0.2) is 5.60 Å². The molecule has 19 heavy (non-hydrogen) atoms. The van der Waals surface area contributed by atoms with Gasteiger partial charge in [0.1, 0.15) is 17.8 Å². The highest BCUT2D eigenvalue weighted by atomic mass is 35.5. The average Bonchev–Trinajstić information content (AvgIpc) is 2.64. The summed E-state index contributed by atoms with van der Waals surface area (Å²) in [5, 5.41) is 18.8. The van der Waals surface area contributed by atoms with Gasteiger partial charge in [0.2, 0.25) is 5.88 Å². The monoisotopic (exact) mass is 290 g/mol. The van der Waals surface area contributed by atoms with Crippen molar-refractivity contribution in [2.45, 2.75) is 18.6 Å². The molecule has 6 nitrogen and oxygen atoms in total. The second-order valence-electron chi connectivity index (χ2n) is 4.24. The Bertz CT molecular complexity index is 582. The Morgan fingerprint density at radius 1 is 1.68 bits per heavy atom. The van der Waals surface area contributed by atoms with Crippen LogP contribution in [0, 0.1) is 6.92 Å². The smallest absolute Gasteiger partial charge is 0.354 e. The van der Waals surface area contributed by atoms with Crippen LogP contribution in [0.15, 0.2) is 22.1 Å². The van der Waals surface area contributed by atoms with Crippen molar-refractivity contribution in [1.82, 2.24) is 9.55 Å². The highest BCUT2D eigenvalue weighted by molar-refractivity contribution is 6.32. The van der Waals surface area contributed by atoms with E-state index in [4.69, 9.17) is 21.4 Å². The van der Waals surface area contributed by atoms with Gasteiger partial charge in [0.25, 0.3) is 0 Å². The molecule has 1 aliphatic heterocycles. The Morgan fingerprint density at radius 2 is 2.37 bits per heavy atom. The predicted octanol–water partition coefficient (Wildman–Crippen LogP) is 0.00832. The molecule has 2 atom stereocenters. The molecule has 0 bridgehead atoms. The lowest BCUT2D eigenvalue weighted by atomic mass is 10.0. The van der Waals surface area contributed by atoms with E-state index in [-0.39, 0.29) is 10.9 Å². The van der Waals surface area contributed by atoms with Crippen molar-refractivity contribution in [2.75, 3.05) is 13.3 Å². The molecule has 8 heteroatoms. The van der Waals surface area contributed by atoms with Crippen LogP contribution >= 0.6 is 11.6 Å². The van der Waals surface area contributed by atoms with Gasteiger partial charge >= 0.3 is 5.69 Å². The summed E-state index contributed by atoms with van der Waals surface area (Å²) in [7, 11) is 0. The van der Waals surface area contributed by atoms with E-state index in [1.807, 2.05) is 0 Å². The summed E-state index contributed by atoms with van der Waals surface area (Å²) in [6.45, 7) is -0.303. The van der Waals surface area contributed by atoms with Gasteiger partial charge in [0, 0.05) is 11.9 Å². The zero-order valence-corrected chi connectivity index (χ0v) is 10.8. The zero-order chi connectivity index (χ0) is 14.2. The van der Waals surface area contributed by atoms with Crippen LogP contribution in [0.25, 0.3) is 5.88 Å². The fraction of sp³-hybridized carbons (Fsp3) is 0.455. The van der Waals surface area contributed by atoms with E-state index in [2.05, 4.69) is 4.98 Å². The summed E-state index contributed by atoms with van der Waals surface area (Å²) in [6.07, 6.45) is -0.201. The van der Waals surface area contributed by atoms with Crippen LogP contribution in [-0.2, 0) is 4.74 Å². The van der Waals surface area contributed by atoms with Crippen LogP contribution in [0.2, 0.25) is 0 Å². The molecule has 0 amide bonds. The highest BCUT2D eigenvalue weighted by Crippen LogP contribution is 2.38. The van der Waals surface area contributed by atoms with Crippen molar-refractivity contribution in [3.05, 3.63) is 33.5 Å². The number of alkyl halides is 1. The lowest BCUT2D eigenvalue weighted by Gasteiger charge is -2.27. The van der Waals surface area contributed by atoms with Crippen molar-refractivity contribution < 1.29 is 19.3 Å². The number of aliphatic hydroxyl groups is 2. The van der Waals surface area contributed by atoms with E-state index in [0.29, 0.717) is 5.69 Å². The zero-order valence-electron chi connectivity index (χ0n) is 10.0. The Morgan fingerprint density at radius 3 is 2.84 bits per heavy atom. The summed E-state index contributed by atoms with van der Waals surface area (Å²) < 4.78 is 19.1. The molecule has 2 heterocycles. The van der Waals surface area contributed by atoms with Crippen LogP contribution in [0.1, 0.15) is 5.69 Å².